The van der Waals surface area contributed by atoms with Crippen LogP contribution in [-0.2, 0) is 28.6 Å². The van der Waals surface area contributed by atoms with Crippen LogP contribution >= 0.6 is 0 Å². The number of carbonyl (C=O) groups excluding carboxylic acids is 3. The van der Waals surface area contributed by atoms with E-state index in [4.69, 9.17) is 14.2 Å². The Morgan fingerprint density at radius 2 is 0.828 bits per heavy atom. The third-order valence-corrected chi connectivity index (χ3v) is 9.43. The molecule has 1 atom stereocenters. The van der Waals surface area contributed by atoms with Gasteiger partial charge in [0.2, 0.25) is 0 Å². The Bertz CT molecular complexity index is 1200. The van der Waals surface area contributed by atoms with Crippen LogP contribution in [0.5, 0.6) is 0 Å². The van der Waals surface area contributed by atoms with E-state index in [0.29, 0.717) is 12.8 Å². The van der Waals surface area contributed by atoms with Gasteiger partial charge >= 0.3 is 17.9 Å². The molecular formula is C52H84O6. The average molecular weight is 805 g/mol. The largest absolute Gasteiger partial charge is 0.462 e. The molecule has 328 valence electrons. The van der Waals surface area contributed by atoms with Crippen LogP contribution in [0.4, 0.5) is 0 Å². The zero-order valence-corrected chi connectivity index (χ0v) is 37.3. The van der Waals surface area contributed by atoms with Crippen molar-refractivity contribution in [3.8, 4) is 0 Å². The predicted molar refractivity (Wildman–Crippen MR) is 247 cm³/mol. The van der Waals surface area contributed by atoms with Crippen molar-refractivity contribution < 1.29 is 28.6 Å². The Hall–Kier alpha value is -3.67. The molecule has 0 saturated heterocycles. The highest BCUT2D eigenvalue weighted by atomic mass is 16.6. The number of hydrogen-bond acceptors (Lipinski definition) is 6. The number of hydrogen-bond donors (Lipinski definition) is 0. The van der Waals surface area contributed by atoms with Crippen LogP contribution in [0, 0.1) is 0 Å². The van der Waals surface area contributed by atoms with Crippen molar-refractivity contribution in [2.24, 2.45) is 0 Å². The minimum Gasteiger partial charge on any atom is -0.462 e. The Labute approximate surface area is 356 Å². The van der Waals surface area contributed by atoms with Gasteiger partial charge in [-0.3, -0.25) is 14.4 Å². The predicted octanol–water partition coefficient (Wildman–Crippen LogP) is 15.0. The van der Waals surface area contributed by atoms with Gasteiger partial charge in [-0.05, 0) is 77.0 Å². The monoisotopic (exact) mass is 805 g/mol. The topological polar surface area (TPSA) is 78.9 Å². The summed E-state index contributed by atoms with van der Waals surface area (Å²) in [4.78, 5) is 37.6. The summed E-state index contributed by atoms with van der Waals surface area (Å²) in [6.45, 7) is 6.22. The minimum absolute atomic E-state index is 0.122. The molecule has 0 amide bonds. The first kappa shape index (κ1) is 54.3. The van der Waals surface area contributed by atoms with E-state index in [1.54, 1.807) is 6.08 Å². The lowest BCUT2D eigenvalue weighted by Crippen LogP contribution is -2.30. The van der Waals surface area contributed by atoms with Gasteiger partial charge in [-0.2, -0.15) is 0 Å². The lowest BCUT2D eigenvalue weighted by molar-refractivity contribution is -0.166. The highest BCUT2D eigenvalue weighted by Crippen LogP contribution is 2.13. The van der Waals surface area contributed by atoms with Crippen LogP contribution < -0.4 is 0 Å². The number of esters is 3. The van der Waals surface area contributed by atoms with Gasteiger partial charge < -0.3 is 14.2 Å². The maximum Gasteiger partial charge on any atom is 0.309 e. The molecule has 0 aliphatic carbocycles. The molecule has 0 aromatic rings. The van der Waals surface area contributed by atoms with E-state index in [9.17, 15) is 14.4 Å². The maximum atomic E-state index is 12.7. The molecule has 0 aromatic carbocycles. The van der Waals surface area contributed by atoms with Crippen molar-refractivity contribution in [3.05, 3.63) is 97.2 Å². The van der Waals surface area contributed by atoms with Crippen molar-refractivity contribution >= 4 is 17.9 Å². The Kier molecular flexibility index (Phi) is 43.1. The number of unbranched alkanes of at least 4 members (excludes halogenated alkanes) is 17. The molecule has 0 radical (unpaired) electrons. The lowest BCUT2D eigenvalue weighted by Gasteiger charge is -2.18. The Morgan fingerprint density at radius 3 is 1.41 bits per heavy atom. The molecule has 0 fully saturated rings. The molecule has 0 N–H and O–H groups in total. The molecule has 0 aromatic heterocycles. The van der Waals surface area contributed by atoms with Crippen LogP contribution in [0.1, 0.15) is 194 Å². The zero-order valence-electron chi connectivity index (χ0n) is 37.3. The summed E-state index contributed by atoms with van der Waals surface area (Å²) in [6.07, 6.45) is 60.0. The number of ether oxygens (including phenoxy) is 3. The lowest BCUT2D eigenvalue weighted by atomic mass is 10.1. The second kappa shape index (κ2) is 46.0. The summed E-state index contributed by atoms with van der Waals surface area (Å²) < 4.78 is 16.5. The Balaban J connectivity index is 4.45. The van der Waals surface area contributed by atoms with Gasteiger partial charge in [0.15, 0.2) is 6.10 Å². The normalized spacial score (nSPS) is 12.9. The summed E-state index contributed by atoms with van der Waals surface area (Å²) in [5, 5.41) is 0. The van der Waals surface area contributed by atoms with E-state index in [1.807, 2.05) is 42.5 Å². The van der Waals surface area contributed by atoms with Gasteiger partial charge in [-0.15, -0.1) is 0 Å². The van der Waals surface area contributed by atoms with Gasteiger partial charge in [0.05, 0.1) is 6.42 Å². The van der Waals surface area contributed by atoms with Crippen molar-refractivity contribution in [1.29, 1.82) is 0 Å². The summed E-state index contributed by atoms with van der Waals surface area (Å²) in [6, 6.07) is 0. The van der Waals surface area contributed by atoms with E-state index < -0.39 is 12.1 Å². The zero-order chi connectivity index (χ0) is 42.3. The molecular weight excluding hydrogens is 721 g/mol. The number of carbonyl (C=O) groups is 3. The fourth-order valence-electron chi connectivity index (χ4n) is 5.98. The Morgan fingerprint density at radius 1 is 0.397 bits per heavy atom. The molecule has 0 saturated carbocycles. The van der Waals surface area contributed by atoms with E-state index in [1.165, 1.54) is 70.6 Å². The van der Waals surface area contributed by atoms with E-state index in [2.05, 4.69) is 69.4 Å². The van der Waals surface area contributed by atoms with Crippen LogP contribution in [0.15, 0.2) is 97.2 Å². The highest BCUT2D eigenvalue weighted by Gasteiger charge is 2.19. The first-order chi connectivity index (χ1) is 28.5. The summed E-state index contributed by atoms with van der Waals surface area (Å²) >= 11 is 0. The minimum atomic E-state index is -0.835. The molecule has 0 rings (SSSR count). The van der Waals surface area contributed by atoms with Crippen molar-refractivity contribution in [3.63, 3.8) is 0 Å². The van der Waals surface area contributed by atoms with E-state index in [-0.39, 0.29) is 38.0 Å². The van der Waals surface area contributed by atoms with Gasteiger partial charge in [-0.25, -0.2) is 0 Å². The molecule has 0 aliphatic rings. The van der Waals surface area contributed by atoms with Crippen LogP contribution in [-0.4, -0.2) is 37.2 Å². The maximum absolute atomic E-state index is 12.7. The third kappa shape index (κ3) is 43.5. The van der Waals surface area contributed by atoms with Crippen LogP contribution in [0.25, 0.3) is 0 Å². The molecule has 1 unspecified atom stereocenters. The smallest absolute Gasteiger partial charge is 0.309 e. The second-order valence-electron chi connectivity index (χ2n) is 15.0. The first-order valence-corrected chi connectivity index (χ1v) is 23.3. The fourth-order valence-corrected chi connectivity index (χ4v) is 5.98. The van der Waals surface area contributed by atoms with Gasteiger partial charge in [-0.1, -0.05) is 195 Å². The first-order valence-electron chi connectivity index (χ1n) is 23.3. The number of rotatable bonds is 40. The van der Waals surface area contributed by atoms with Gasteiger partial charge in [0.25, 0.3) is 0 Å². The molecule has 0 heterocycles. The quantitative estimate of drug-likeness (QED) is 0.0202. The second-order valence-corrected chi connectivity index (χ2v) is 15.0. The molecule has 0 spiro atoms. The third-order valence-electron chi connectivity index (χ3n) is 9.43. The van der Waals surface area contributed by atoms with Gasteiger partial charge in [0, 0.05) is 12.8 Å². The average Bonchev–Trinajstić information content (AvgIpc) is 3.22. The highest BCUT2D eigenvalue weighted by molar-refractivity contribution is 5.72. The van der Waals surface area contributed by atoms with E-state index in [0.717, 1.165) is 77.0 Å². The summed E-state index contributed by atoms with van der Waals surface area (Å²) in [7, 11) is 0. The fraction of sp³-hybridized carbons (Fsp3) is 0.635. The molecule has 6 heteroatoms. The van der Waals surface area contributed by atoms with Crippen molar-refractivity contribution in [1.82, 2.24) is 0 Å². The summed E-state index contributed by atoms with van der Waals surface area (Å²) in [5.74, 6) is -1.11. The standard InChI is InChI=1S/C52H84O6/c1-4-7-10-13-16-19-21-23-24-25-26-27-29-30-33-36-39-42-45-51(54)57-48-49(47-56-50(53)44-41-38-35-32-18-15-12-9-6-3)58-52(55)46-43-40-37-34-31-28-22-20-17-14-11-8-5-2/h8-9,11-12,14,17-18,20,22,26-28,31-32,38,41,49H,4-7,10,13,15-16,19,21,23-25,29-30,33-37,39-40,42-48H2,1-3H3/b11-8-,12-9-,17-14-,22-20-,27-26-,31-28-,32-18-,41-38-. The van der Waals surface area contributed by atoms with Crippen molar-refractivity contribution in [2.45, 2.75) is 200 Å². The molecule has 6 nitrogen and oxygen atoms in total. The molecule has 58 heavy (non-hydrogen) atoms. The summed E-state index contributed by atoms with van der Waals surface area (Å²) in [5.41, 5.74) is 0. The SMILES string of the molecule is CC\C=C/C=C\C=C/C=C\CCCCCC(=O)OC(COC(=O)C/C=C\C/C=C\C/C=C\CC)COC(=O)CCCCCCC/C=C\CCCCCCCCCCC. The number of allylic oxidation sites excluding steroid dienone is 15. The molecule has 0 bridgehead atoms. The van der Waals surface area contributed by atoms with Gasteiger partial charge in [0.1, 0.15) is 13.2 Å². The van der Waals surface area contributed by atoms with Crippen LogP contribution in [0.2, 0.25) is 0 Å². The van der Waals surface area contributed by atoms with Crippen molar-refractivity contribution in [2.75, 3.05) is 13.2 Å². The molecule has 0 aliphatic heterocycles. The van der Waals surface area contributed by atoms with E-state index >= 15 is 0 Å². The van der Waals surface area contributed by atoms with Crippen LogP contribution in [0.3, 0.4) is 0 Å².